The van der Waals surface area contributed by atoms with Crippen LogP contribution < -0.4 is 0 Å². The molecule has 0 aromatic heterocycles. The molecule has 2 rings (SSSR count). The Hall–Kier alpha value is 0.320. The van der Waals surface area contributed by atoms with Crippen LogP contribution in [0.2, 0.25) is 0 Å². The molecule has 2 aromatic carbocycles. The molecule has 0 N–H and O–H groups in total. The average Bonchev–Trinajstić information content (AvgIpc) is 2.47. The van der Waals surface area contributed by atoms with Crippen molar-refractivity contribution < 1.29 is 4.74 Å². The highest BCUT2D eigenvalue weighted by Crippen LogP contribution is 2.39. The summed E-state index contributed by atoms with van der Waals surface area (Å²) in [5.74, 6) is 0. The fourth-order valence-corrected chi connectivity index (χ4v) is 3.32. The molecule has 0 bridgehead atoms. The molecule has 0 aliphatic rings. The first kappa shape index (κ1) is 19.4. The number of hydrogen-bond acceptors (Lipinski definition) is 1. The molecule has 1 nitrogen and oxygen atoms in total. The van der Waals surface area contributed by atoms with E-state index in [0.717, 1.165) is 42.2 Å². The second kappa shape index (κ2) is 10.2. The van der Waals surface area contributed by atoms with Crippen LogP contribution in [0.5, 0.6) is 0 Å². The molecule has 0 amide bonds. The first-order valence-electron chi connectivity index (χ1n) is 6.49. The van der Waals surface area contributed by atoms with Crippen molar-refractivity contribution in [3.63, 3.8) is 0 Å². The summed E-state index contributed by atoms with van der Waals surface area (Å²) in [5.41, 5.74) is 2.31. The van der Waals surface area contributed by atoms with Crippen LogP contribution in [-0.2, 0) is 4.74 Å². The second-order valence-electron chi connectivity index (χ2n) is 3.98. The topological polar surface area (TPSA) is 9.23 Å². The SMILES string of the molecule is Brc1cccc(-c2cccc(Br)c2Br)c1Br.CCOCC. The maximum Gasteiger partial charge on any atom is 0.0437 e. The summed E-state index contributed by atoms with van der Waals surface area (Å²) >= 11 is 14.2. The molecule has 0 unspecified atom stereocenters. The summed E-state index contributed by atoms with van der Waals surface area (Å²) in [6.45, 7) is 5.67. The van der Waals surface area contributed by atoms with E-state index in [9.17, 15) is 0 Å². The van der Waals surface area contributed by atoms with Gasteiger partial charge in [0.15, 0.2) is 0 Å². The van der Waals surface area contributed by atoms with Gasteiger partial charge in [-0.15, -0.1) is 0 Å². The van der Waals surface area contributed by atoms with Gasteiger partial charge in [-0.2, -0.15) is 0 Å². The van der Waals surface area contributed by atoms with Crippen LogP contribution in [0.3, 0.4) is 0 Å². The van der Waals surface area contributed by atoms with Crippen LogP contribution in [0.25, 0.3) is 11.1 Å². The predicted molar refractivity (Wildman–Crippen MR) is 105 cm³/mol. The molecule has 0 saturated carbocycles. The van der Waals surface area contributed by atoms with Crippen LogP contribution in [0.15, 0.2) is 54.3 Å². The van der Waals surface area contributed by atoms with Crippen molar-refractivity contribution >= 4 is 63.7 Å². The zero-order valence-electron chi connectivity index (χ0n) is 11.8. The van der Waals surface area contributed by atoms with Crippen molar-refractivity contribution in [1.29, 1.82) is 0 Å². The molecular weight excluding hydrogens is 528 g/mol. The van der Waals surface area contributed by atoms with Gasteiger partial charge in [0.05, 0.1) is 0 Å². The number of benzene rings is 2. The van der Waals surface area contributed by atoms with Crippen LogP contribution in [0.4, 0.5) is 0 Å². The fraction of sp³-hybridized carbons (Fsp3) is 0.250. The Bertz CT molecular complexity index is 533. The summed E-state index contributed by atoms with van der Waals surface area (Å²) < 4.78 is 9.07. The lowest BCUT2D eigenvalue weighted by molar-refractivity contribution is 0.162. The largest absolute Gasteiger partial charge is 0.382 e. The minimum absolute atomic E-state index is 0.844. The van der Waals surface area contributed by atoms with E-state index in [-0.39, 0.29) is 0 Å². The van der Waals surface area contributed by atoms with Crippen molar-refractivity contribution in [3.8, 4) is 11.1 Å². The first-order chi connectivity index (χ1) is 10.0. The number of rotatable bonds is 3. The van der Waals surface area contributed by atoms with Crippen LogP contribution >= 0.6 is 63.7 Å². The lowest BCUT2D eigenvalue weighted by Gasteiger charge is -2.09. The van der Waals surface area contributed by atoms with E-state index in [0.29, 0.717) is 0 Å². The molecule has 0 fully saturated rings. The average molecular weight is 544 g/mol. The highest BCUT2D eigenvalue weighted by molar-refractivity contribution is 9.13. The monoisotopic (exact) mass is 540 g/mol. The van der Waals surface area contributed by atoms with E-state index < -0.39 is 0 Å². The molecule has 0 saturated heterocycles. The van der Waals surface area contributed by atoms with E-state index in [2.05, 4.69) is 75.9 Å². The van der Waals surface area contributed by atoms with Crippen molar-refractivity contribution in [3.05, 3.63) is 54.3 Å². The second-order valence-corrected chi connectivity index (χ2v) is 7.28. The minimum atomic E-state index is 0.844. The molecular formula is C16H16Br4O. The highest BCUT2D eigenvalue weighted by Gasteiger charge is 2.10. The van der Waals surface area contributed by atoms with Gasteiger partial charge in [0.2, 0.25) is 0 Å². The van der Waals surface area contributed by atoms with Gasteiger partial charge in [-0.05, 0) is 101 Å². The first-order valence-corrected chi connectivity index (χ1v) is 9.66. The summed E-state index contributed by atoms with van der Waals surface area (Å²) in [7, 11) is 0. The van der Waals surface area contributed by atoms with Gasteiger partial charge in [0.25, 0.3) is 0 Å². The van der Waals surface area contributed by atoms with Gasteiger partial charge < -0.3 is 4.74 Å². The zero-order valence-corrected chi connectivity index (χ0v) is 18.1. The summed E-state index contributed by atoms with van der Waals surface area (Å²) in [6, 6.07) is 12.2. The van der Waals surface area contributed by atoms with E-state index in [1.807, 2.05) is 38.1 Å². The van der Waals surface area contributed by atoms with E-state index in [1.165, 1.54) is 0 Å². The Kier molecular flexibility index (Phi) is 9.37. The number of hydrogen-bond donors (Lipinski definition) is 0. The Labute approximate surface area is 160 Å². The van der Waals surface area contributed by atoms with Gasteiger partial charge in [-0.1, -0.05) is 24.3 Å². The van der Waals surface area contributed by atoms with Crippen LogP contribution in [0.1, 0.15) is 13.8 Å². The molecule has 0 spiro atoms. The van der Waals surface area contributed by atoms with Gasteiger partial charge >= 0.3 is 0 Å². The molecule has 0 atom stereocenters. The molecule has 5 heteroatoms. The summed E-state index contributed by atoms with van der Waals surface area (Å²) in [6.07, 6.45) is 0. The van der Waals surface area contributed by atoms with E-state index in [4.69, 9.17) is 4.74 Å². The summed E-state index contributed by atoms with van der Waals surface area (Å²) in [4.78, 5) is 0. The van der Waals surface area contributed by atoms with Gasteiger partial charge in [-0.3, -0.25) is 0 Å². The van der Waals surface area contributed by atoms with Crippen molar-refractivity contribution in [2.75, 3.05) is 13.2 Å². The number of ether oxygens (including phenoxy) is 1. The lowest BCUT2D eigenvalue weighted by atomic mass is 10.1. The Morgan fingerprint density at radius 3 is 1.38 bits per heavy atom. The van der Waals surface area contributed by atoms with Crippen molar-refractivity contribution in [2.45, 2.75) is 13.8 Å². The predicted octanol–water partition coefficient (Wildman–Crippen LogP) is 7.45. The maximum atomic E-state index is 4.83. The minimum Gasteiger partial charge on any atom is -0.382 e. The van der Waals surface area contributed by atoms with E-state index in [1.54, 1.807) is 0 Å². The smallest absolute Gasteiger partial charge is 0.0437 e. The molecule has 114 valence electrons. The van der Waals surface area contributed by atoms with Gasteiger partial charge in [0, 0.05) is 31.1 Å². The quantitative estimate of drug-likeness (QED) is 0.391. The normalized spacial score (nSPS) is 10.0. The highest BCUT2D eigenvalue weighted by atomic mass is 79.9. The Balaban J connectivity index is 0.000000383. The van der Waals surface area contributed by atoms with Crippen LogP contribution in [-0.4, -0.2) is 13.2 Å². The van der Waals surface area contributed by atoms with Gasteiger partial charge in [-0.25, -0.2) is 0 Å². The Morgan fingerprint density at radius 2 is 1.10 bits per heavy atom. The molecule has 21 heavy (non-hydrogen) atoms. The summed E-state index contributed by atoms with van der Waals surface area (Å²) in [5, 5.41) is 0. The third-order valence-corrected chi connectivity index (χ3v) is 6.70. The Morgan fingerprint density at radius 1 is 0.714 bits per heavy atom. The lowest BCUT2D eigenvalue weighted by Crippen LogP contribution is -1.84. The van der Waals surface area contributed by atoms with E-state index >= 15 is 0 Å². The molecule has 0 aliphatic carbocycles. The third kappa shape index (κ3) is 5.79. The fourth-order valence-electron chi connectivity index (χ4n) is 1.63. The standard InChI is InChI=1S/C12H6Br4.C4H10O/c13-9-5-1-3-7(11(9)15)8-4-2-6-10(14)12(8)16;1-3-5-4-2/h1-6H;3-4H2,1-2H3. The molecule has 2 aromatic rings. The van der Waals surface area contributed by atoms with Crippen molar-refractivity contribution in [1.82, 2.24) is 0 Å². The maximum absolute atomic E-state index is 4.83. The molecule has 0 aliphatic heterocycles. The van der Waals surface area contributed by atoms with Gasteiger partial charge in [0.1, 0.15) is 0 Å². The zero-order chi connectivity index (χ0) is 15.8. The van der Waals surface area contributed by atoms with Crippen LogP contribution in [0, 0.1) is 0 Å². The van der Waals surface area contributed by atoms with Crippen molar-refractivity contribution in [2.24, 2.45) is 0 Å². The molecule has 0 heterocycles. The number of halogens is 4. The third-order valence-electron chi connectivity index (χ3n) is 2.60. The molecule has 0 radical (unpaired) electrons.